The van der Waals surface area contributed by atoms with Crippen LogP contribution in [-0.2, 0) is 14.8 Å². The van der Waals surface area contributed by atoms with Crippen LogP contribution >= 0.6 is 0 Å². The van der Waals surface area contributed by atoms with Gasteiger partial charge in [-0.25, -0.2) is 8.42 Å². The lowest BCUT2D eigenvalue weighted by Gasteiger charge is -2.25. The van der Waals surface area contributed by atoms with E-state index in [9.17, 15) is 13.2 Å². The van der Waals surface area contributed by atoms with Crippen molar-refractivity contribution in [1.82, 2.24) is 5.32 Å². The highest BCUT2D eigenvalue weighted by Crippen LogP contribution is 2.36. The van der Waals surface area contributed by atoms with Gasteiger partial charge in [-0.05, 0) is 67.6 Å². The number of carbonyl (C=O) groups excluding carboxylic acids is 1. The summed E-state index contributed by atoms with van der Waals surface area (Å²) < 4.78 is 42.9. The van der Waals surface area contributed by atoms with Gasteiger partial charge in [-0.1, -0.05) is 13.8 Å². The molecule has 1 N–H and O–H groups in total. The minimum Gasteiger partial charge on any atom is -0.496 e. The van der Waals surface area contributed by atoms with Crippen LogP contribution in [0, 0.1) is 6.92 Å². The van der Waals surface area contributed by atoms with E-state index in [0.717, 1.165) is 26.7 Å². The molecule has 2 aromatic carbocycles. The van der Waals surface area contributed by atoms with Gasteiger partial charge in [0.2, 0.25) is 22.7 Å². The zero-order chi connectivity index (χ0) is 24.3. The van der Waals surface area contributed by atoms with Crippen LogP contribution in [0.25, 0.3) is 0 Å². The molecular formula is C24H32N2O6S. The van der Waals surface area contributed by atoms with Crippen LogP contribution in [0.3, 0.4) is 0 Å². The summed E-state index contributed by atoms with van der Waals surface area (Å²) >= 11 is 0. The van der Waals surface area contributed by atoms with E-state index in [1.54, 1.807) is 32.2 Å². The van der Waals surface area contributed by atoms with Crippen molar-refractivity contribution in [3.05, 3.63) is 47.0 Å². The van der Waals surface area contributed by atoms with Crippen LogP contribution in [0.4, 0.5) is 5.69 Å². The van der Waals surface area contributed by atoms with Crippen LogP contribution in [0.5, 0.6) is 17.2 Å². The highest BCUT2D eigenvalue weighted by atomic mass is 32.2. The first-order valence-electron chi connectivity index (χ1n) is 10.9. The SMILES string of the molecule is CCS(=O)(=O)N(CC(=O)N[C@@H](C)c1cc(C(C)C)c(OC)cc1C)c1ccc2c(c1)OCO2. The van der Waals surface area contributed by atoms with Gasteiger partial charge in [-0.2, -0.15) is 0 Å². The minimum absolute atomic E-state index is 0.0803. The molecule has 0 aliphatic carbocycles. The summed E-state index contributed by atoms with van der Waals surface area (Å²) in [6.07, 6.45) is 0. The number of anilines is 1. The number of rotatable bonds is 9. The molecule has 0 bridgehead atoms. The third-order valence-electron chi connectivity index (χ3n) is 5.72. The molecule has 2 aromatic rings. The number of fused-ring (bicyclic) bond motifs is 1. The topological polar surface area (TPSA) is 94.2 Å². The summed E-state index contributed by atoms with van der Waals surface area (Å²) in [6.45, 7) is 9.30. The van der Waals surface area contributed by atoms with E-state index in [0.29, 0.717) is 17.2 Å². The standard InChI is InChI=1S/C24H32N2O6S/c1-7-33(28,29)26(18-8-9-21-23(11-18)32-14-31-21)13-24(27)25-17(5)20-12-19(15(2)3)22(30-6)10-16(20)4/h8-12,15,17H,7,13-14H2,1-6H3,(H,25,27)/t17-/m0/s1. The second kappa shape index (κ2) is 9.91. The highest BCUT2D eigenvalue weighted by Gasteiger charge is 2.27. The molecule has 0 fully saturated rings. The van der Waals surface area contributed by atoms with E-state index in [2.05, 4.69) is 19.2 Å². The maximum absolute atomic E-state index is 13.0. The minimum atomic E-state index is -3.70. The van der Waals surface area contributed by atoms with Crippen molar-refractivity contribution < 1.29 is 27.4 Å². The Hall–Kier alpha value is -2.94. The first-order chi connectivity index (χ1) is 15.6. The molecule has 0 radical (unpaired) electrons. The number of benzene rings is 2. The number of aryl methyl sites for hydroxylation is 1. The van der Waals surface area contributed by atoms with Crippen LogP contribution in [-0.4, -0.2) is 40.5 Å². The third kappa shape index (κ3) is 5.35. The summed E-state index contributed by atoms with van der Waals surface area (Å²) in [4.78, 5) is 13.0. The van der Waals surface area contributed by atoms with Crippen molar-refractivity contribution in [1.29, 1.82) is 0 Å². The van der Waals surface area contributed by atoms with Crippen LogP contribution < -0.4 is 23.8 Å². The van der Waals surface area contributed by atoms with E-state index >= 15 is 0 Å². The molecule has 1 aliphatic heterocycles. The highest BCUT2D eigenvalue weighted by molar-refractivity contribution is 7.92. The quantitative estimate of drug-likeness (QED) is 0.590. The smallest absolute Gasteiger partial charge is 0.241 e. The summed E-state index contributed by atoms with van der Waals surface area (Å²) in [6, 6.07) is 8.53. The van der Waals surface area contributed by atoms with Gasteiger partial charge in [0.25, 0.3) is 0 Å². The number of sulfonamides is 1. The Labute approximate surface area is 195 Å². The molecule has 33 heavy (non-hydrogen) atoms. The maximum atomic E-state index is 13.0. The van der Waals surface area contributed by atoms with Gasteiger partial charge in [-0.15, -0.1) is 0 Å². The molecular weight excluding hydrogens is 444 g/mol. The lowest BCUT2D eigenvalue weighted by molar-refractivity contribution is -0.120. The predicted molar refractivity (Wildman–Crippen MR) is 128 cm³/mol. The normalized spacial score (nSPS) is 13.7. The number of hydrogen-bond acceptors (Lipinski definition) is 6. The molecule has 0 saturated heterocycles. The maximum Gasteiger partial charge on any atom is 0.241 e. The zero-order valence-corrected chi connectivity index (χ0v) is 20.8. The molecule has 1 atom stereocenters. The Morgan fingerprint density at radius 3 is 2.45 bits per heavy atom. The summed E-state index contributed by atoms with van der Waals surface area (Å²) in [5, 5.41) is 2.95. The molecule has 1 amide bonds. The van der Waals surface area contributed by atoms with Gasteiger partial charge in [0.05, 0.1) is 24.6 Å². The molecule has 8 nitrogen and oxygen atoms in total. The monoisotopic (exact) mass is 476 g/mol. The number of amides is 1. The third-order valence-corrected chi connectivity index (χ3v) is 7.46. The van der Waals surface area contributed by atoms with Gasteiger partial charge >= 0.3 is 0 Å². The lowest BCUT2D eigenvalue weighted by atomic mass is 9.93. The lowest BCUT2D eigenvalue weighted by Crippen LogP contribution is -2.42. The molecule has 0 unspecified atom stereocenters. The van der Waals surface area contributed by atoms with E-state index in [-0.39, 0.29) is 31.1 Å². The molecule has 1 heterocycles. The van der Waals surface area contributed by atoms with Crippen molar-refractivity contribution in [2.24, 2.45) is 0 Å². The van der Waals surface area contributed by atoms with E-state index in [1.165, 1.54) is 0 Å². The second-order valence-electron chi connectivity index (χ2n) is 8.34. The largest absolute Gasteiger partial charge is 0.496 e. The average Bonchev–Trinajstić information content (AvgIpc) is 3.24. The molecule has 0 spiro atoms. The number of hydrogen-bond donors (Lipinski definition) is 1. The number of carbonyl (C=O) groups is 1. The van der Waals surface area contributed by atoms with E-state index in [1.807, 2.05) is 26.0 Å². The Morgan fingerprint density at radius 2 is 1.82 bits per heavy atom. The van der Waals surface area contributed by atoms with Crippen molar-refractivity contribution in [2.75, 3.05) is 30.5 Å². The number of nitrogens with zero attached hydrogens (tertiary/aromatic N) is 1. The second-order valence-corrected chi connectivity index (χ2v) is 10.5. The molecule has 1 aliphatic rings. The van der Waals surface area contributed by atoms with Gasteiger partial charge in [0.15, 0.2) is 11.5 Å². The van der Waals surface area contributed by atoms with Gasteiger partial charge in [0.1, 0.15) is 12.3 Å². The Balaban J connectivity index is 1.83. The van der Waals surface area contributed by atoms with Crippen LogP contribution in [0.2, 0.25) is 0 Å². The van der Waals surface area contributed by atoms with Gasteiger partial charge in [0, 0.05) is 6.07 Å². The van der Waals surface area contributed by atoms with Crippen LogP contribution in [0.1, 0.15) is 56.3 Å². The molecule has 0 saturated carbocycles. The predicted octanol–water partition coefficient (Wildman–Crippen LogP) is 3.89. The Bertz CT molecular complexity index is 1130. The van der Waals surface area contributed by atoms with Gasteiger partial charge in [-0.3, -0.25) is 9.10 Å². The molecule has 180 valence electrons. The van der Waals surface area contributed by atoms with Gasteiger partial charge < -0.3 is 19.5 Å². The fourth-order valence-corrected chi connectivity index (χ4v) is 4.91. The molecule has 9 heteroatoms. The van der Waals surface area contributed by atoms with Crippen molar-refractivity contribution in [3.8, 4) is 17.2 Å². The number of nitrogens with one attached hydrogen (secondary N) is 1. The first kappa shape index (κ1) is 24.7. The van der Waals surface area contributed by atoms with E-state index in [4.69, 9.17) is 14.2 Å². The average molecular weight is 477 g/mol. The Morgan fingerprint density at radius 1 is 1.12 bits per heavy atom. The molecule has 0 aromatic heterocycles. The summed E-state index contributed by atoms with van der Waals surface area (Å²) in [5.41, 5.74) is 3.35. The fraction of sp³-hybridized carbons (Fsp3) is 0.458. The fourth-order valence-electron chi connectivity index (χ4n) is 3.85. The first-order valence-corrected chi connectivity index (χ1v) is 12.6. The number of methoxy groups -OCH3 is 1. The zero-order valence-electron chi connectivity index (χ0n) is 20.0. The number of ether oxygens (including phenoxy) is 3. The van der Waals surface area contributed by atoms with Crippen molar-refractivity contribution >= 4 is 21.6 Å². The van der Waals surface area contributed by atoms with Crippen LogP contribution in [0.15, 0.2) is 30.3 Å². The molecule has 3 rings (SSSR count). The summed E-state index contributed by atoms with van der Waals surface area (Å²) in [7, 11) is -2.06. The van der Waals surface area contributed by atoms with E-state index < -0.39 is 15.9 Å². The van der Waals surface area contributed by atoms with Crippen molar-refractivity contribution in [3.63, 3.8) is 0 Å². The summed E-state index contributed by atoms with van der Waals surface area (Å²) in [5.74, 6) is 1.51. The Kier molecular flexibility index (Phi) is 7.41. The van der Waals surface area contributed by atoms with Crippen molar-refractivity contribution in [2.45, 2.75) is 46.6 Å².